The molecular formula is C26H27N3O4. The van der Waals surface area contributed by atoms with E-state index in [0.29, 0.717) is 18.0 Å². The number of amides is 2. The highest BCUT2D eigenvalue weighted by molar-refractivity contribution is 6.06. The van der Waals surface area contributed by atoms with Crippen molar-refractivity contribution >= 4 is 23.7 Å². The Morgan fingerprint density at radius 1 is 0.909 bits per heavy atom. The van der Waals surface area contributed by atoms with Crippen LogP contribution >= 0.6 is 0 Å². The zero-order valence-electron chi connectivity index (χ0n) is 18.9. The highest BCUT2D eigenvalue weighted by atomic mass is 16.5. The third kappa shape index (κ3) is 7.21. The SMILES string of the molecule is COc1ccc(NC(=O)C(C)C(=O)NN=Cc2ccc(OCc3ccc(C)cc3)cc2)cc1. The van der Waals surface area contributed by atoms with E-state index >= 15 is 0 Å². The summed E-state index contributed by atoms with van der Waals surface area (Å²) in [5.74, 6) is -0.431. The topological polar surface area (TPSA) is 89.0 Å². The maximum atomic E-state index is 12.3. The van der Waals surface area contributed by atoms with Crippen molar-refractivity contribution in [1.82, 2.24) is 5.43 Å². The van der Waals surface area contributed by atoms with Gasteiger partial charge in [-0.1, -0.05) is 29.8 Å². The van der Waals surface area contributed by atoms with Crippen molar-refractivity contribution in [3.05, 3.63) is 89.5 Å². The van der Waals surface area contributed by atoms with E-state index in [0.717, 1.165) is 16.9 Å². The van der Waals surface area contributed by atoms with E-state index < -0.39 is 17.7 Å². The number of ether oxygens (including phenoxy) is 2. The van der Waals surface area contributed by atoms with Crippen molar-refractivity contribution < 1.29 is 19.1 Å². The lowest BCUT2D eigenvalue weighted by Gasteiger charge is -2.11. The molecule has 0 spiro atoms. The first kappa shape index (κ1) is 23.5. The van der Waals surface area contributed by atoms with Crippen LogP contribution in [0.4, 0.5) is 5.69 Å². The summed E-state index contributed by atoms with van der Waals surface area (Å²) in [5.41, 5.74) is 6.07. The average molecular weight is 446 g/mol. The minimum atomic E-state index is -0.915. The standard InChI is InChI=1S/C26H27N3O4/c1-18-4-6-21(7-5-18)17-33-24-12-8-20(9-13-24)16-27-29-26(31)19(2)25(30)28-22-10-14-23(32-3)15-11-22/h4-16,19H,17H2,1-3H3,(H,28,30)(H,29,31). The van der Waals surface area contributed by atoms with Gasteiger partial charge < -0.3 is 14.8 Å². The van der Waals surface area contributed by atoms with Crippen LogP contribution in [0, 0.1) is 12.8 Å². The summed E-state index contributed by atoms with van der Waals surface area (Å²) in [6.07, 6.45) is 1.51. The molecule has 3 aromatic carbocycles. The van der Waals surface area contributed by atoms with Crippen LogP contribution in [0.3, 0.4) is 0 Å². The maximum absolute atomic E-state index is 12.3. The molecule has 1 unspecified atom stereocenters. The van der Waals surface area contributed by atoms with E-state index in [4.69, 9.17) is 9.47 Å². The molecule has 33 heavy (non-hydrogen) atoms. The molecule has 0 aromatic heterocycles. The number of hydrogen-bond donors (Lipinski definition) is 2. The highest BCUT2D eigenvalue weighted by Crippen LogP contribution is 2.16. The summed E-state index contributed by atoms with van der Waals surface area (Å²) in [7, 11) is 1.56. The van der Waals surface area contributed by atoms with Gasteiger partial charge in [0.25, 0.3) is 5.91 Å². The molecule has 7 heteroatoms. The van der Waals surface area contributed by atoms with Crippen molar-refractivity contribution in [3.8, 4) is 11.5 Å². The number of carbonyl (C=O) groups is 2. The molecule has 0 fully saturated rings. The maximum Gasteiger partial charge on any atom is 0.252 e. The Kier molecular flexibility index (Phi) is 8.18. The molecule has 1 atom stereocenters. The third-order valence-electron chi connectivity index (χ3n) is 4.94. The number of rotatable bonds is 9. The van der Waals surface area contributed by atoms with Gasteiger partial charge in [0.15, 0.2) is 0 Å². The van der Waals surface area contributed by atoms with Crippen molar-refractivity contribution in [2.24, 2.45) is 11.0 Å². The smallest absolute Gasteiger partial charge is 0.252 e. The number of nitrogens with one attached hydrogen (secondary N) is 2. The van der Waals surface area contributed by atoms with Crippen LogP contribution in [0.15, 0.2) is 77.9 Å². The van der Waals surface area contributed by atoms with Crippen molar-refractivity contribution in [2.75, 3.05) is 12.4 Å². The zero-order chi connectivity index (χ0) is 23.6. The van der Waals surface area contributed by atoms with Crippen molar-refractivity contribution in [1.29, 1.82) is 0 Å². The number of nitrogens with zero attached hydrogens (tertiary/aromatic N) is 1. The van der Waals surface area contributed by atoms with E-state index in [1.807, 2.05) is 43.3 Å². The molecule has 3 rings (SSSR count). The van der Waals surface area contributed by atoms with Gasteiger partial charge in [-0.2, -0.15) is 5.10 Å². The Labute approximate surface area is 193 Å². The Hall–Kier alpha value is -4.13. The Bertz CT molecular complexity index is 1090. The highest BCUT2D eigenvalue weighted by Gasteiger charge is 2.21. The minimum absolute atomic E-state index is 0.428. The van der Waals surface area contributed by atoms with Gasteiger partial charge >= 0.3 is 0 Å². The summed E-state index contributed by atoms with van der Waals surface area (Å²) < 4.78 is 10.9. The van der Waals surface area contributed by atoms with E-state index in [9.17, 15) is 9.59 Å². The first-order chi connectivity index (χ1) is 15.9. The molecule has 0 aliphatic heterocycles. The van der Waals surface area contributed by atoms with Crippen LogP contribution in [0.5, 0.6) is 11.5 Å². The van der Waals surface area contributed by atoms with Crippen LogP contribution in [-0.2, 0) is 16.2 Å². The molecule has 2 amide bonds. The number of carbonyl (C=O) groups excluding carboxylic acids is 2. The quantitative estimate of drug-likeness (QED) is 0.292. The molecule has 0 aliphatic rings. The second-order valence-electron chi connectivity index (χ2n) is 7.52. The molecule has 0 saturated carbocycles. The summed E-state index contributed by atoms with van der Waals surface area (Å²) in [6, 6.07) is 22.4. The molecule has 0 bridgehead atoms. The van der Waals surface area contributed by atoms with E-state index in [2.05, 4.69) is 28.0 Å². The number of hydrogen-bond acceptors (Lipinski definition) is 5. The summed E-state index contributed by atoms with van der Waals surface area (Å²) >= 11 is 0. The molecule has 0 heterocycles. The molecule has 0 aliphatic carbocycles. The number of hydrazone groups is 1. The minimum Gasteiger partial charge on any atom is -0.497 e. The van der Waals surface area contributed by atoms with Gasteiger partial charge in [0.1, 0.15) is 24.0 Å². The second-order valence-corrected chi connectivity index (χ2v) is 7.52. The van der Waals surface area contributed by atoms with Gasteiger partial charge in [-0.15, -0.1) is 0 Å². The van der Waals surface area contributed by atoms with Crippen molar-refractivity contribution in [3.63, 3.8) is 0 Å². The Morgan fingerprint density at radius 2 is 1.55 bits per heavy atom. The van der Waals surface area contributed by atoms with Gasteiger partial charge in [0.05, 0.1) is 13.3 Å². The number of benzene rings is 3. The monoisotopic (exact) mass is 445 g/mol. The lowest BCUT2D eigenvalue weighted by molar-refractivity contribution is -0.131. The molecule has 3 aromatic rings. The predicted octanol–water partition coefficient (Wildman–Crippen LogP) is 4.31. The molecular weight excluding hydrogens is 418 g/mol. The molecule has 7 nitrogen and oxygen atoms in total. The van der Waals surface area contributed by atoms with E-state index in [-0.39, 0.29) is 0 Å². The van der Waals surface area contributed by atoms with Crippen LogP contribution in [0.1, 0.15) is 23.6 Å². The summed E-state index contributed by atoms with van der Waals surface area (Å²) in [4.78, 5) is 24.5. The zero-order valence-corrected chi connectivity index (χ0v) is 18.9. The molecule has 0 saturated heterocycles. The van der Waals surface area contributed by atoms with Crippen LogP contribution in [-0.4, -0.2) is 25.1 Å². The fourth-order valence-corrected chi connectivity index (χ4v) is 2.81. The van der Waals surface area contributed by atoms with Gasteiger partial charge in [0, 0.05) is 5.69 Å². The van der Waals surface area contributed by atoms with E-state index in [1.165, 1.54) is 18.7 Å². The largest absolute Gasteiger partial charge is 0.497 e. The number of anilines is 1. The first-order valence-corrected chi connectivity index (χ1v) is 10.5. The summed E-state index contributed by atoms with van der Waals surface area (Å²) in [5, 5.41) is 6.64. The summed E-state index contributed by atoms with van der Waals surface area (Å²) in [6.45, 7) is 4.05. The third-order valence-corrected chi connectivity index (χ3v) is 4.94. The van der Waals surface area contributed by atoms with Crippen LogP contribution in [0.2, 0.25) is 0 Å². The van der Waals surface area contributed by atoms with Crippen LogP contribution < -0.4 is 20.2 Å². The Balaban J connectivity index is 1.45. The van der Waals surface area contributed by atoms with Crippen LogP contribution in [0.25, 0.3) is 0 Å². The van der Waals surface area contributed by atoms with Gasteiger partial charge in [0.2, 0.25) is 5.91 Å². The van der Waals surface area contributed by atoms with Gasteiger partial charge in [-0.05, 0) is 73.5 Å². The second kappa shape index (κ2) is 11.5. The number of methoxy groups -OCH3 is 1. The molecule has 0 radical (unpaired) electrons. The normalized spacial score (nSPS) is 11.6. The fraction of sp³-hybridized carbons (Fsp3) is 0.192. The average Bonchev–Trinajstić information content (AvgIpc) is 2.84. The fourth-order valence-electron chi connectivity index (χ4n) is 2.81. The van der Waals surface area contributed by atoms with E-state index in [1.54, 1.807) is 31.4 Å². The number of aryl methyl sites for hydroxylation is 1. The lowest BCUT2D eigenvalue weighted by Crippen LogP contribution is -2.34. The predicted molar refractivity (Wildman–Crippen MR) is 128 cm³/mol. The van der Waals surface area contributed by atoms with Gasteiger partial charge in [-0.3, -0.25) is 9.59 Å². The molecule has 2 N–H and O–H groups in total. The lowest BCUT2D eigenvalue weighted by atomic mass is 10.1. The Morgan fingerprint density at radius 3 is 2.18 bits per heavy atom. The molecule has 170 valence electrons. The van der Waals surface area contributed by atoms with Gasteiger partial charge in [-0.25, -0.2) is 5.43 Å². The first-order valence-electron chi connectivity index (χ1n) is 10.5. The van der Waals surface area contributed by atoms with Crippen molar-refractivity contribution in [2.45, 2.75) is 20.5 Å².